The van der Waals surface area contributed by atoms with Gasteiger partial charge in [-0.15, -0.1) is 0 Å². The maximum Gasteiger partial charge on any atom is 0.239 e. The number of allylic oxidation sites excluding steroid dienone is 4. The summed E-state index contributed by atoms with van der Waals surface area (Å²) in [7, 11) is 0. The second-order valence-corrected chi connectivity index (χ2v) is 16.9. The van der Waals surface area contributed by atoms with Crippen LogP contribution in [0, 0.1) is 0 Å². The molecule has 6 N–H and O–H groups in total. The summed E-state index contributed by atoms with van der Waals surface area (Å²) >= 11 is 0. The third kappa shape index (κ3) is 33.1. The monoisotopic (exact) mass is 786 g/mol. The number of amides is 1. The highest BCUT2D eigenvalue weighted by Crippen LogP contribution is 2.14. The summed E-state index contributed by atoms with van der Waals surface area (Å²) in [5.41, 5.74) is 17.4. The first-order chi connectivity index (χ1) is 27.5. The molecule has 0 aromatic carbocycles. The number of carbonyl (C=O) groups excluding carboxylic acids is 1. The Bertz CT molecular complexity index is 896. The number of hydrogen-bond acceptors (Lipinski definition) is 5. The van der Waals surface area contributed by atoms with Crippen LogP contribution < -0.4 is 17.2 Å². The topological polar surface area (TPSA) is 117 Å². The van der Waals surface area contributed by atoms with E-state index in [9.17, 15) is 4.79 Å². The SMILES string of the molecule is CCCCCCCC/C=C\CCCCCCCCN1CCN(CCCCCCCC/C=C\CCCCCCCC)CCN(C(=O)[C@@H](N)CCCN=C(N)N)CC1. The Morgan fingerprint density at radius 1 is 0.500 bits per heavy atom. The minimum Gasteiger partial charge on any atom is -0.370 e. The van der Waals surface area contributed by atoms with Crippen LogP contribution in [0.15, 0.2) is 29.3 Å². The first-order valence-corrected chi connectivity index (χ1v) is 24.3. The molecule has 0 spiro atoms. The van der Waals surface area contributed by atoms with Crippen molar-refractivity contribution in [2.24, 2.45) is 22.2 Å². The molecule has 1 amide bonds. The molecule has 0 bridgehead atoms. The molecular weight excluding hydrogens is 691 g/mol. The molecule has 1 aliphatic rings. The zero-order valence-electron chi connectivity index (χ0n) is 37.4. The van der Waals surface area contributed by atoms with Gasteiger partial charge in [-0.05, 0) is 90.1 Å². The molecule has 1 heterocycles. The molecule has 328 valence electrons. The van der Waals surface area contributed by atoms with Gasteiger partial charge in [0.15, 0.2) is 5.96 Å². The lowest BCUT2D eigenvalue weighted by Gasteiger charge is -2.28. The average Bonchev–Trinajstić information content (AvgIpc) is 3.29. The number of carbonyl (C=O) groups is 1. The summed E-state index contributed by atoms with van der Waals surface area (Å²) in [4.78, 5) is 24.8. The van der Waals surface area contributed by atoms with Crippen molar-refractivity contribution >= 4 is 11.9 Å². The van der Waals surface area contributed by atoms with Crippen molar-refractivity contribution in [2.45, 2.75) is 213 Å². The number of rotatable bonds is 37. The summed E-state index contributed by atoms with van der Waals surface area (Å²) in [6.07, 6.45) is 48.4. The van der Waals surface area contributed by atoms with Gasteiger partial charge in [0.2, 0.25) is 5.91 Å². The van der Waals surface area contributed by atoms with Gasteiger partial charge in [0, 0.05) is 45.8 Å². The third-order valence-electron chi connectivity index (χ3n) is 11.7. The number of nitrogens with two attached hydrogens (primary N) is 3. The first kappa shape index (κ1) is 52.1. The Kier molecular flexibility index (Phi) is 37.1. The zero-order chi connectivity index (χ0) is 40.6. The highest BCUT2D eigenvalue weighted by atomic mass is 16.2. The molecule has 0 aromatic heterocycles. The van der Waals surface area contributed by atoms with Crippen LogP contribution in [0.3, 0.4) is 0 Å². The second kappa shape index (κ2) is 39.9. The summed E-state index contributed by atoms with van der Waals surface area (Å²) in [5.74, 6) is 0.166. The molecule has 8 heteroatoms. The van der Waals surface area contributed by atoms with Gasteiger partial charge in [0.1, 0.15) is 0 Å². The number of unbranched alkanes of at least 4 members (excludes halogenated alkanes) is 24. The summed E-state index contributed by atoms with van der Waals surface area (Å²) in [6.45, 7) is 12.9. The van der Waals surface area contributed by atoms with Crippen molar-refractivity contribution in [3.05, 3.63) is 24.3 Å². The molecule has 0 saturated carbocycles. The molecular formula is C48H95N7O. The van der Waals surface area contributed by atoms with Gasteiger partial charge in [0.25, 0.3) is 0 Å². The van der Waals surface area contributed by atoms with Crippen molar-refractivity contribution in [3.8, 4) is 0 Å². The second-order valence-electron chi connectivity index (χ2n) is 16.9. The fourth-order valence-electron chi connectivity index (χ4n) is 7.85. The van der Waals surface area contributed by atoms with E-state index in [2.05, 4.69) is 52.9 Å². The van der Waals surface area contributed by atoms with Crippen molar-refractivity contribution < 1.29 is 4.79 Å². The predicted molar refractivity (Wildman–Crippen MR) is 246 cm³/mol. The molecule has 1 saturated heterocycles. The van der Waals surface area contributed by atoms with Crippen LogP contribution in [0.4, 0.5) is 0 Å². The first-order valence-electron chi connectivity index (χ1n) is 24.3. The maximum absolute atomic E-state index is 13.5. The Morgan fingerprint density at radius 2 is 0.839 bits per heavy atom. The number of aliphatic imine (C=N–C) groups is 1. The smallest absolute Gasteiger partial charge is 0.239 e. The lowest BCUT2D eigenvalue weighted by Crippen LogP contribution is -2.48. The maximum atomic E-state index is 13.5. The molecule has 0 aromatic rings. The fraction of sp³-hybridized carbons (Fsp3) is 0.875. The van der Waals surface area contributed by atoms with Crippen LogP contribution in [0.2, 0.25) is 0 Å². The molecule has 0 aliphatic carbocycles. The van der Waals surface area contributed by atoms with Crippen molar-refractivity contribution in [1.82, 2.24) is 14.7 Å². The highest BCUT2D eigenvalue weighted by Gasteiger charge is 2.23. The van der Waals surface area contributed by atoms with E-state index in [4.69, 9.17) is 17.2 Å². The third-order valence-corrected chi connectivity index (χ3v) is 11.7. The van der Waals surface area contributed by atoms with E-state index in [-0.39, 0.29) is 11.9 Å². The fourth-order valence-corrected chi connectivity index (χ4v) is 7.85. The van der Waals surface area contributed by atoms with Crippen molar-refractivity contribution in [1.29, 1.82) is 0 Å². The van der Waals surface area contributed by atoms with E-state index < -0.39 is 6.04 Å². The predicted octanol–water partition coefficient (Wildman–Crippen LogP) is 10.9. The Balaban J connectivity index is 2.39. The van der Waals surface area contributed by atoms with Gasteiger partial charge in [-0.3, -0.25) is 9.79 Å². The zero-order valence-corrected chi connectivity index (χ0v) is 37.4. The van der Waals surface area contributed by atoms with Gasteiger partial charge in [-0.25, -0.2) is 0 Å². The number of nitrogens with zero attached hydrogens (tertiary/aromatic N) is 4. The normalized spacial score (nSPS) is 15.4. The van der Waals surface area contributed by atoms with Crippen LogP contribution in [0.25, 0.3) is 0 Å². The quantitative estimate of drug-likeness (QED) is 0.0250. The van der Waals surface area contributed by atoms with Crippen LogP contribution in [-0.2, 0) is 4.79 Å². The van der Waals surface area contributed by atoms with Gasteiger partial charge in [-0.2, -0.15) is 0 Å². The van der Waals surface area contributed by atoms with E-state index in [1.165, 1.54) is 180 Å². The lowest BCUT2D eigenvalue weighted by molar-refractivity contribution is -0.133. The van der Waals surface area contributed by atoms with E-state index in [0.29, 0.717) is 19.4 Å². The molecule has 1 atom stereocenters. The molecule has 1 rings (SSSR count). The average molecular weight is 786 g/mol. The van der Waals surface area contributed by atoms with Crippen molar-refractivity contribution in [3.63, 3.8) is 0 Å². The largest absolute Gasteiger partial charge is 0.370 e. The minimum absolute atomic E-state index is 0.0750. The van der Waals surface area contributed by atoms with Gasteiger partial charge in [-0.1, -0.05) is 154 Å². The lowest BCUT2D eigenvalue weighted by atomic mass is 10.1. The number of guanidine groups is 1. The molecule has 1 aliphatic heterocycles. The van der Waals surface area contributed by atoms with Crippen LogP contribution in [-0.4, -0.2) is 91.5 Å². The van der Waals surface area contributed by atoms with E-state index in [0.717, 1.165) is 52.4 Å². The molecule has 56 heavy (non-hydrogen) atoms. The molecule has 0 radical (unpaired) electrons. The number of hydrogen-bond donors (Lipinski definition) is 3. The Morgan fingerprint density at radius 3 is 1.21 bits per heavy atom. The van der Waals surface area contributed by atoms with E-state index in [1.54, 1.807) is 0 Å². The van der Waals surface area contributed by atoms with Gasteiger partial charge >= 0.3 is 0 Å². The van der Waals surface area contributed by atoms with E-state index in [1.807, 2.05) is 4.90 Å². The van der Waals surface area contributed by atoms with Gasteiger partial charge in [0.05, 0.1) is 6.04 Å². The van der Waals surface area contributed by atoms with Crippen molar-refractivity contribution in [2.75, 3.05) is 58.9 Å². The summed E-state index contributed by atoms with van der Waals surface area (Å²) < 4.78 is 0. The standard InChI is InChI=1S/C48H95N7O/c1-3-5-7-9-11-13-15-17-19-21-23-25-27-29-31-33-38-53-40-41-54(43-45-55(44-42-53)47(56)46(49)36-35-37-52-48(50)51)39-34-32-30-28-26-24-22-20-18-16-14-12-10-8-6-4-2/h17-20,46H,3-16,21-45,49H2,1-2H3,(H4,50,51,52)/b19-17-,20-18-/t46-/m0/s1. The Hall–Kier alpha value is -1.90. The molecule has 8 nitrogen and oxygen atoms in total. The Labute approximate surface area is 348 Å². The van der Waals surface area contributed by atoms with Crippen LogP contribution in [0.5, 0.6) is 0 Å². The van der Waals surface area contributed by atoms with Gasteiger partial charge < -0.3 is 31.9 Å². The van der Waals surface area contributed by atoms with Crippen LogP contribution in [0.1, 0.15) is 206 Å². The molecule has 1 fully saturated rings. The molecule has 0 unspecified atom stereocenters. The minimum atomic E-state index is -0.501. The van der Waals surface area contributed by atoms with Crippen LogP contribution >= 0.6 is 0 Å². The van der Waals surface area contributed by atoms with E-state index >= 15 is 0 Å². The summed E-state index contributed by atoms with van der Waals surface area (Å²) in [6, 6.07) is -0.501. The highest BCUT2D eigenvalue weighted by molar-refractivity contribution is 5.81. The summed E-state index contributed by atoms with van der Waals surface area (Å²) in [5, 5.41) is 0.